The van der Waals surface area contributed by atoms with Crippen molar-refractivity contribution in [3.63, 3.8) is 0 Å². The molecule has 0 aliphatic carbocycles. The highest BCUT2D eigenvalue weighted by Gasteiger charge is 2.36. The standard InChI is InChI=1S/C21H23N3O2/c1-17-7-9-19(10-8-17)23-21(16-22)11-13-24(14-12-21)20(25)26-15-18-5-3-2-4-6-18/h2-10,23H,11-15H2,1H3. The van der Waals surface area contributed by atoms with Crippen LogP contribution in [0.1, 0.15) is 24.0 Å². The summed E-state index contributed by atoms with van der Waals surface area (Å²) in [6.45, 7) is 3.30. The Morgan fingerprint density at radius 1 is 1.15 bits per heavy atom. The summed E-state index contributed by atoms with van der Waals surface area (Å²) in [5.41, 5.74) is 2.42. The van der Waals surface area contributed by atoms with Gasteiger partial charge in [0.1, 0.15) is 12.1 Å². The molecular weight excluding hydrogens is 326 g/mol. The fraction of sp³-hybridized carbons (Fsp3) is 0.333. The first-order chi connectivity index (χ1) is 12.6. The van der Waals surface area contributed by atoms with Gasteiger partial charge in [0.2, 0.25) is 0 Å². The first-order valence-corrected chi connectivity index (χ1v) is 8.82. The second-order valence-electron chi connectivity index (χ2n) is 6.71. The van der Waals surface area contributed by atoms with Gasteiger partial charge in [-0.3, -0.25) is 0 Å². The van der Waals surface area contributed by atoms with Gasteiger partial charge in [0.05, 0.1) is 6.07 Å². The third kappa shape index (κ3) is 4.34. The minimum Gasteiger partial charge on any atom is -0.445 e. The summed E-state index contributed by atoms with van der Waals surface area (Å²) in [7, 11) is 0. The normalized spacial score (nSPS) is 15.8. The average molecular weight is 349 g/mol. The lowest BCUT2D eigenvalue weighted by atomic mass is 9.88. The van der Waals surface area contributed by atoms with Crippen LogP contribution < -0.4 is 5.32 Å². The zero-order valence-electron chi connectivity index (χ0n) is 14.9. The molecule has 0 unspecified atom stereocenters. The van der Waals surface area contributed by atoms with Gasteiger partial charge in [0, 0.05) is 31.6 Å². The Balaban J connectivity index is 1.54. The minimum absolute atomic E-state index is 0.265. The number of ether oxygens (including phenoxy) is 1. The molecule has 0 aromatic heterocycles. The molecule has 0 radical (unpaired) electrons. The van der Waals surface area contributed by atoms with E-state index in [2.05, 4.69) is 11.4 Å². The molecule has 1 aliphatic rings. The highest BCUT2D eigenvalue weighted by Crippen LogP contribution is 2.27. The zero-order chi connectivity index (χ0) is 18.4. The summed E-state index contributed by atoms with van der Waals surface area (Å²) < 4.78 is 5.38. The van der Waals surface area contributed by atoms with Crippen LogP contribution in [0.3, 0.4) is 0 Å². The van der Waals surface area contributed by atoms with E-state index in [0.717, 1.165) is 11.3 Å². The maximum atomic E-state index is 12.3. The van der Waals surface area contributed by atoms with Gasteiger partial charge in [0.15, 0.2) is 0 Å². The first-order valence-electron chi connectivity index (χ1n) is 8.82. The molecule has 134 valence electrons. The van der Waals surface area contributed by atoms with Gasteiger partial charge in [-0.2, -0.15) is 5.26 Å². The molecule has 0 saturated carbocycles. The fourth-order valence-electron chi connectivity index (χ4n) is 3.06. The Bertz CT molecular complexity index is 773. The Labute approximate surface area is 154 Å². The SMILES string of the molecule is Cc1ccc(NC2(C#N)CCN(C(=O)OCc3ccccc3)CC2)cc1. The lowest BCUT2D eigenvalue weighted by Crippen LogP contribution is -2.50. The fourth-order valence-corrected chi connectivity index (χ4v) is 3.06. The van der Waals surface area contributed by atoms with Gasteiger partial charge in [-0.15, -0.1) is 0 Å². The van der Waals surface area contributed by atoms with Crippen molar-refractivity contribution in [3.05, 3.63) is 65.7 Å². The second kappa shape index (κ2) is 7.92. The maximum Gasteiger partial charge on any atom is 0.410 e. The van der Waals surface area contributed by atoms with Crippen LogP contribution in [0, 0.1) is 18.3 Å². The number of nitrogens with one attached hydrogen (secondary N) is 1. The quantitative estimate of drug-likeness (QED) is 0.902. The number of nitrogens with zero attached hydrogens (tertiary/aromatic N) is 2. The smallest absolute Gasteiger partial charge is 0.410 e. The number of nitriles is 1. The lowest BCUT2D eigenvalue weighted by Gasteiger charge is -2.37. The predicted molar refractivity (Wildman–Crippen MR) is 101 cm³/mol. The largest absolute Gasteiger partial charge is 0.445 e. The molecule has 0 atom stereocenters. The molecule has 1 N–H and O–H groups in total. The molecule has 3 rings (SSSR count). The van der Waals surface area contributed by atoms with E-state index in [-0.39, 0.29) is 12.7 Å². The molecular formula is C21H23N3O2. The van der Waals surface area contributed by atoms with Crippen molar-refractivity contribution in [2.24, 2.45) is 0 Å². The second-order valence-corrected chi connectivity index (χ2v) is 6.71. The van der Waals surface area contributed by atoms with Crippen LogP contribution in [-0.2, 0) is 11.3 Å². The van der Waals surface area contributed by atoms with Gasteiger partial charge in [-0.05, 0) is 24.6 Å². The number of carbonyl (C=O) groups excluding carboxylic acids is 1. The number of likely N-dealkylation sites (tertiary alicyclic amines) is 1. The predicted octanol–water partition coefficient (Wildman–Crippen LogP) is 4.10. The number of amides is 1. The molecule has 2 aromatic carbocycles. The van der Waals surface area contributed by atoms with Gasteiger partial charge in [-0.25, -0.2) is 4.79 Å². The monoisotopic (exact) mass is 349 g/mol. The van der Waals surface area contributed by atoms with Crippen LogP contribution in [-0.4, -0.2) is 29.6 Å². The molecule has 1 fully saturated rings. The molecule has 0 bridgehead atoms. The Morgan fingerprint density at radius 3 is 2.42 bits per heavy atom. The van der Waals surface area contributed by atoms with Crippen molar-refractivity contribution < 1.29 is 9.53 Å². The Kier molecular flexibility index (Phi) is 5.43. The van der Waals surface area contributed by atoms with E-state index in [1.165, 1.54) is 5.56 Å². The molecule has 26 heavy (non-hydrogen) atoms. The van der Waals surface area contributed by atoms with E-state index < -0.39 is 5.54 Å². The van der Waals surface area contributed by atoms with Crippen LogP contribution in [0.5, 0.6) is 0 Å². The molecule has 1 saturated heterocycles. The van der Waals surface area contributed by atoms with Crippen LogP contribution in [0.2, 0.25) is 0 Å². The summed E-state index contributed by atoms with van der Waals surface area (Å²) in [6.07, 6.45) is 0.811. The van der Waals surface area contributed by atoms with Gasteiger partial charge >= 0.3 is 6.09 Å². The number of piperidine rings is 1. The summed E-state index contributed by atoms with van der Waals surface area (Å²) in [4.78, 5) is 13.9. The van der Waals surface area contributed by atoms with Crippen molar-refractivity contribution in [2.75, 3.05) is 18.4 Å². The van der Waals surface area contributed by atoms with E-state index in [4.69, 9.17) is 4.74 Å². The molecule has 5 nitrogen and oxygen atoms in total. The van der Waals surface area contributed by atoms with Crippen LogP contribution in [0.25, 0.3) is 0 Å². The number of hydrogen-bond donors (Lipinski definition) is 1. The van der Waals surface area contributed by atoms with Crippen LogP contribution in [0.15, 0.2) is 54.6 Å². The van der Waals surface area contributed by atoms with E-state index in [0.29, 0.717) is 25.9 Å². The number of carbonyl (C=O) groups is 1. The topological polar surface area (TPSA) is 65.4 Å². The van der Waals surface area contributed by atoms with Crippen molar-refractivity contribution in [3.8, 4) is 6.07 Å². The minimum atomic E-state index is -0.647. The summed E-state index contributed by atoms with van der Waals surface area (Å²) in [5.74, 6) is 0. The summed E-state index contributed by atoms with van der Waals surface area (Å²) in [6, 6.07) is 20.0. The first kappa shape index (κ1) is 17.8. The molecule has 2 aromatic rings. The van der Waals surface area contributed by atoms with E-state index in [1.807, 2.05) is 61.5 Å². The number of anilines is 1. The van der Waals surface area contributed by atoms with Crippen molar-refractivity contribution in [1.82, 2.24) is 4.90 Å². The molecule has 1 aliphatic heterocycles. The van der Waals surface area contributed by atoms with Gasteiger partial charge < -0.3 is 15.0 Å². The van der Waals surface area contributed by atoms with E-state index in [1.54, 1.807) is 4.90 Å². The Hall–Kier alpha value is -3.00. The van der Waals surface area contributed by atoms with Gasteiger partial charge in [-0.1, -0.05) is 48.0 Å². The third-order valence-corrected chi connectivity index (χ3v) is 4.73. The Morgan fingerprint density at radius 2 is 1.81 bits per heavy atom. The number of rotatable bonds is 4. The lowest BCUT2D eigenvalue weighted by molar-refractivity contribution is 0.0847. The summed E-state index contributed by atoms with van der Waals surface area (Å²) >= 11 is 0. The number of benzene rings is 2. The van der Waals surface area contributed by atoms with E-state index in [9.17, 15) is 10.1 Å². The zero-order valence-corrected chi connectivity index (χ0v) is 14.9. The highest BCUT2D eigenvalue weighted by atomic mass is 16.6. The molecule has 5 heteroatoms. The van der Waals surface area contributed by atoms with Crippen molar-refractivity contribution in [2.45, 2.75) is 31.9 Å². The molecule has 1 heterocycles. The highest BCUT2D eigenvalue weighted by molar-refractivity contribution is 5.68. The number of hydrogen-bond acceptors (Lipinski definition) is 4. The van der Waals surface area contributed by atoms with Crippen LogP contribution in [0.4, 0.5) is 10.5 Å². The molecule has 0 spiro atoms. The average Bonchev–Trinajstić information content (AvgIpc) is 2.69. The van der Waals surface area contributed by atoms with Gasteiger partial charge in [0.25, 0.3) is 0 Å². The maximum absolute atomic E-state index is 12.3. The summed E-state index contributed by atoms with van der Waals surface area (Å²) in [5, 5.41) is 13.0. The van der Waals surface area contributed by atoms with Crippen LogP contribution >= 0.6 is 0 Å². The van der Waals surface area contributed by atoms with Crippen molar-refractivity contribution >= 4 is 11.8 Å². The third-order valence-electron chi connectivity index (χ3n) is 4.73. The molecule has 1 amide bonds. The van der Waals surface area contributed by atoms with E-state index >= 15 is 0 Å². The number of aryl methyl sites for hydroxylation is 1. The van der Waals surface area contributed by atoms with Crippen molar-refractivity contribution in [1.29, 1.82) is 5.26 Å².